The fraction of sp³-hybridized carbons (Fsp3) is 0.364. The van der Waals surface area contributed by atoms with E-state index >= 15 is 0 Å². The number of nitrogens with zero attached hydrogens (tertiary/aromatic N) is 3. The summed E-state index contributed by atoms with van der Waals surface area (Å²) in [5.41, 5.74) is 1.57. The third-order valence-electron chi connectivity index (χ3n) is 2.19. The molecule has 0 aliphatic heterocycles. The summed E-state index contributed by atoms with van der Waals surface area (Å²) in [6, 6.07) is 1.84. The zero-order valence-electron chi connectivity index (χ0n) is 9.88. The Morgan fingerprint density at radius 2 is 2.00 bits per heavy atom. The van der Waals surface area contributed by atoms with Crippen molar-refractivity contribution in [2.24, 2.45) is 0 Å². The molecule has 0 bridgehead atoms. The lowest BCUT2D eigenvalue weighted by Crippen LogP contribution is -2.03. The maximum absolute atomic E-state index is 5.15. The molecular weight excluding hydrogens is 238 g/mol. The van der Waals surface area contributed by atoms with E-state index in [2.05, 4.69) is 15.0 Å². The first-order valence-electron chi connectivity index (χ1n) is 5.05. The number of hydrogen-bond acceptors (Lipinski definition) is 6. The van der Waals surface area contributed by atoms with Gasteiger partial charge in [-0.3, -0.25) is 0 Å². The summed E-state index contributed by atoms with van der Waals surface area (Å²) in [4.78, 5) is 12.8. The van der Waals surface area contributed by atoms with Gasteiger partial charge in [0.25, 0.3) is 0 Å². The van der Waals surface area contributed by atoms with E-state index in [9.17, 15) is 0 Å². The Bertz CT molecular complexity index is 497. The highest BCUT2D eigenvalue weighted by Gasteiger charge is 2.14. The molecule has 0 saturated carbocycles. The van der Waals surface area contributed by atoms with Gasteiger partial charge in [0.2, 0.25) is 6.29 Å². The molecule has 17 heavy (non-hydrogen) atoms. The summed E-state index contributed by atoms with van der Waals surface area (Å²) < 4.78 is 10.3. The summed E-state index contributed by atoms with van der Waals surface area (Å²) in [7, 11) is 3.17. The van der Waals surface area contributed by atoms with Crippen molar-refractivity contribution in [2.75, 3.05) is 14.2 Å². The maximum Gasteiger partial charge on any atom is 0.201 e. The van der Waals surface area contributed by atoms with Crippen molar-refractivity contribution in [1.29, 1.82) is 0 Å². The molecule has 0 aliphatic carbocycles. The molecule has 2 heterocycles. The van der Waals surface area contributed by atoms with E-state index in [1.807, 2.05) is 18.4 Å². The van der Waals surface area contributed by atoms with Crippen LogP contribution < -0.4 is 0 Å². The van der Waals surface area contributed by atoms with Gasteiger partial charge in [-0.1, -0.05) is 0 Å². The Balaban J connectivity index is 2.29. The van der Waals surface area contributed by atoms with Crippen LogP contribution in [0.25, 0.3) is 10.7 Å². The van der Waals surface area contributed by atoms with Crippen LogP contribution in [-0.4, -0.2) is 29.2 Å². The van der Waals surface area contributed by atoms with Gasteiger partial charge < -0.3 is 9.47 Å². The van der Waals surface area contributed by atoms with Gasteiger partial charge in [-0.25, -0.2) is 15.0 Å². The maximum atomic E-state index is 5.15. The first-order chi connectivity index (χ1) is 8.24. The van der Waals surface area contributed by atoms with E-state index in [-0.39, 0.29) is 0 Å². The van der Waals surface area contributed by atoms with E-state index in [1.54, 1.807) is 20.4 Å². The molecule has 0 saturated heterocycles. The van der Waals surface area contributed by atoms with Crippen LogP contribution in [0, 0.1) is 6.92 Å². The minimum absolute atomic E-state index is 0.428. The highest BCUT2D eigenvalue weighted by atomic mass is 32.1. The summed E-state index contributed by atoms with van der Waals surface area (Å²) in [5, 5.41) is 2.74. The molecule has 0 aromatic carbocycles. The molecule has 5 nitrogen and oxygen atoms in total. The lowest BCUT2D eigenvalue weighted by Gasteiger charge is -2.09. The van der Waals surface area contributed by atoms with Crippen LogP contribution in [0.4, 0.5) is 0 Å². The minimum atomic E-state index is -0.428. The van der Waals surface area contributed by atoms with E-state index in [4.69, 9.17) is 9.47 Å². The van der Waals surface area contributed by atoms with Crippen LogP contribution in [0.2, 0.25) is 0 Å². The van der Waals surface area contributed by atoms with Gasteiger partial charge in [-0.05, 0) is 13.0 Å². The van der Waals surface area contributed by atoms with E-state index in [0.717, 1.165) is 22.2 Å². The number of thiazole rings is 1. The zero-order valence-corrected chi connectivity index (χ0v) is 10.7. The lowest BCUT2D eigenvalue weighted by atomic mass is 10.4. The summed E-state index contributed by atoms with van der Waals surface area (Å²) in [6.07, 6.45) is 1.30. The smallest absolute Gasteiger partial charge is 0.201 e. The average molecular weight is 251 g/mol. The van der Waals surface area contributed by atoms with Crippen molar-refractivity contribution in [3.63, 3.8) is 0 Å². The fourth-order valence-corrected chi connectivity index (χ4v) is 2.21. The monoisotopic (exact) mass is 251 g/mol. The van der Waals surface area contributed by atoms with Crippen molar-refractivity contribution >= 4 is 11.3 Å². The summed E-state index contributed by atoms with van der Waals surface area (Å²) in [5.74, 6) is 0.731. The molecule has 90 valence electrons. The highest BCUT2D eigenvalue weighted by molar-refractivity contribution is 7.13. The van der Waals surface area contributed by atoms with Gasteiger partial charge in [0.1, 0.15) is 22.2 Å². The molecule has 2 aromatic rings. The molecule has 0 amide bonds. The third kappa shape index (κ3) is 2.66. The number of ether oxygens (including phenoxy) is 2. The van der Waals surface area contributed by atoms with Crippen LogP contribution in [-0.2, 0) is 9.47 Å². The van der Waals surface area contributed by atoms with E-state index < -0.39 is 6.29 Å². The van der Waals surface area contributed by atoms with Gasteiger partial charge in [-0.15, -0.1) is 11.3 Å². The molecule has 6 heteroatoms. The number of methoxy groups -OCH3 is 2. The second-order valence-electron chi connectivity index (χ2n) is 3.37. The molecule has 0 unspecified atom stereocenters. The SMILES string of the molecule is COC(OC)c1csc(-c2ccnc(C)n2)n1. The van der Waals surface area contributed by atoms with Gasteiger partial charge in [0.05, 0.1) is 0 Å². The van der Waals surface area contributed by atoms with Crippen molar-refractivity contribution in [3.05, 3.63) is 29.2 Å². The Labute approximate surface area is 103 Å². The van der Waals surface area contributed by atoms with Crippen LogP contribution in [0.5, 0.6) is 0 Å². The molecular formula is C11H13N3O2S. The lowest BCUT2D eigenvalue weighted by molar-refractivity contribution is -0.108. The third-order valence-corrected chi connectivity index (χ3v) is 3.07. The van der Waals surface area contributed by atoms with Crippen molar-refractivity contribution < 1.29 is 9.47 Å². The minimum Gasteiger partial charge on any atom is -0.350 e. The quantitative estimate of drug-likeness (QED) is 0.780. The topological polar surface area (TPSA) is 57.1 Å². The van der Waals surface area contributed by atoms with E-state index in [0.29, 0.717) is 0 Å². The van der Waals surface area contributed by atoms with Gasteiger partial charge in [0.15, 0.2) is 0 Å². The predicted octanol–water partition coefficient (Wildman–Crippen LogP) is 2.20. The molecule has 2 aromatic heterocycles. The molecule has 0 aliphatic rings. The Hall–Kier alpha value is -1.37. The molecule has 0 spiro atoms. The Morgan fingerprint density at radius 3 is 2.65 bits per heavy atom. The van der Waals surface area contributed by atoms with Gasteiger partial charge in [0, 0.05) is 25.8 Å². The largest absolute Gasteiger partial charge is 0.350 e. The van der Waals surface area contributed by atoms with Crippen LogP contribution in [0.3, 0.4) is 0 Å². The number of aromatic nitrogens is 3. The van der Waals surface area contributed by atoms with Crippen molar-refractivity contribution in [2.45, 2.75) is 13.2 Å². The highest BCUT2D eigenvalue weighted by Crippen LogP contribution is 2.26. The molecule has 0 radical (unpaired) electrons. The van der Waals surface area contributed by atoms with Gasteiger partial charge in [-0.2, -0.15) is 0 Å². The summed E-state index contributed by atoms with van der Waals surface area (Å²) >= 11 is 1.51. The Morgan fingerprint density at radius 1 is 1.24 bits per heavy atom. The van der Waals surface area contributed by atoms with Crippen molar-refractivity contribution in [3.8, 4) is 10.7 Å². The zero-order chi connectivity index (χ0) is 12.3. The summed E-state index contributed by atoms with van der Waals surface area (Å²) in [6.45, 7) is 1.85. The van der Waals surface area contributed by atoms with E-state index in [1.165, 1.54) is 11.3 Å². The number of aryl methyl sites for hydroxylation is 1. The van der Waals surface area contributed by atoms with Gasteiger partial charge >= 0.3 is 0 Å². The Kier molecular flexibility index (Phi) is 3.78. The normalized spacial score (nSPS) is 11.1. The molecule has 0 fully saturated rings. The first-order valence-corrected chi connectivity index (χ1v) is 5.93. The number of rotatable bonds is 4. The fourth-order valence-electron chi connectivity index (χ4n) is 1.43. The molecule has 2 rings (SSSR count). The molecule has 0 N–H and O–H groups in total. The van der Waals surface area contributed by atoms with Crippen molar-refractivity contribution in [1.82, 2.24) is 15.0 Å². The average Bonchev–Trinajstić information content (AvgIpc) is 2.80. The first kappa shape index (κ1) is 12.1. The van der Waals surface area contributed by atoms with Crippen LogP contribution in [0.15, 0.2) is 17.6 Å². The van der Waals surface area contributed by atoms with Crippen LogP contribution >= 0.6 is 11.3 Å². The van der Waals surface area contributed by atoms with Crippen LogP contribution in [0.1, 0.15) is 17.8 Å². The second kappa shape index (κ2) is 5.31. The predicted molar refractivity (Wildman–Crippen MR) is 64.6 cm³/mol. The molecule has 0 atom stereocenters. The second-order valence-corrected chi connectivity index (χ2v) is 4.23. The number of hydrogen-bond donors (Lipinski definition) is 0. The standard InChI is InChI=1S/C11H13N3O2S/c1-7-12-5-4-8(13-7)10-14-9(6-17-10)11(15-2)16-3/h4-6,11H,1-3H3.